The summed E-state index contributed by atoms with van der Waals surface area (Å²) in [4.78, 5) is 22.5. The Kier molecular flexibility index (Phi) is 6.89. The van der Waals surface area contributed by atoms with Gasteiger partial charge in [-0.15, -0.1) is 0 Å². The van der Waals surface area contributed by atoms with E-state index in [2.05, 4.69) is 21.2 Å². The van der Waals surface area contributed by atoms with E-state index in [-0.39, 0.29) is 24.8 Å². The fourth-order valence-corrected chi connectivity index (χ4v) is 1.78. The Morgan fingerprint density at radius 1 is 1.42 bits per heavy atom. The van der Waals surface area contributed by atoms with Gasteiger partial charge >= 0.3 is 5.97 Å². The summed E-state index contributed by atoms with van der Waals surface area (Å²) >= 11 is 3.36. The van der Waals surface area contributed by atoms with Crippen molar-refractivity contribution in [3.8, 4) is 0 Å². The minimum Gasteiger partial charge on any atom is -0.466 e. The summed E-state index contributed by atoms with van der Waals surface area (Å²) in [6.07, 6.45) is 3.34. The van der Waals surface area contributed by atoms with Gasteiger partial charge in [0.05, 0.1) is 13.0 Å². The molecule has 102 valence electrons. The lowest BCUT2D eigenvalue weighted by atomic mass is 10.2. The Bertz CT molecular complexity index is 472. The summed E-state index contributed by atoms with van der Waals surface area (Å²) in [6, 6.07) is 7.61. The number of hydrogen-bond donors (Lipinski definition) is 1. The van der Waals surface area contributed by atoms with Gasteiger partial charge < -0.3 is 10.1 Å². The van der Waals surface area contributed by atoms with Crippen molar-refractivity contribution in [3.63, 3.8) is 0 Å². The number of hydrogen-bond acceptors (Lipinski definition) is 3. The minimum absolute atomic E-state index is 0.185. The number of benzene rings is 1. The quantitative estimate of drug-likeness (QED) is 0.646. The molecule has 1 amide bonds. The number of esters is 1. The van der Waals surface area contributed by atoms with E-state index in [9.17, 15) is 9.59 Å². The lowest BCUT2D eigenvalue weighted by Crippen LogP contribution is -2.24. The monoisotopic (exact) mass is 325 g/mol. The van der Waals surface area contributed by atoms with Crippen LogP contribution in [0, 0.1) is 0 Å². The van der Waals surface area contributed by atoms with Crippen molar-refractivity contribution in [1.29, 1.82) is 0 Å². The minimum atomic E-state index is -0.307. The third-order valence-corrected chi connectivity index (χ3v) is 2.70. The highest BCUT2D eigenvalue weighted by molar-refractivity contribution is 9.10. The van der Waals surface area contributed by atoms with Crippen LogP contribution in [0.3, 0.4) is 0 Å². The molecule has 5 heteroatoms. The van der Waals surface area contributed by atoms with E-state index in [1.807, 2.05) is 24.3 Å². The first kappa shape index (κ1) is 15.4. The van der Waals surface area contributed by atoms with Crippen LogP contribution in [0.5, 0.6) is 0 Å². The van der Waals surface area contributed by atoms with Crippen LogP contribution in [0.4, 0.5) is 0 Å². The van der Waals surface area contributed by atoms with Gasteiger partial charge in [0.1, 0.15) is 0 Å². The van der Waals surface area contributed by atoms with Crippen molar-refractivity contribution >= 4 is 33.9 Å². The lowest BCUT2D eigenvalue weighted by molar-refractivity contribution is -0.142. The molecule has 0 saturated heterocycles. The van der Waals surface area contributed by atoms with Crippen molar-refractivity contribution in [2.45, 2.75) is 13.3 Å². The molecule has 1 aromatic rings. The molecule has 0 radical (unpaired) electrons. The number of carbonyl (C=O) groups is 2. The topological polar surface area (TPSA) is 55.4 Å². The first-order chi connectivity index (χ1) is 9.11. The van der Waals surface area contributed by atoms with Gasteiger partial charge in [-0.05, 0) is 30.7 Å². The normalized spacial score (nSPS) is 10.4. The molecule has 1 aromatic carbocycles. The van der Waals surface area contributed by atoms with Crippen molar-refractivity contribution in [2.24, 2.45) is 0 Å². The first-order valence-electron chi connectivity index (χ1n) is 5.99. The summed E-state index contributed by atoms with van der Waals surface area (Å²) in [6.45, 7) is 2.38. The zero-order valence-corrected chi connectivity index (χ0v) is 12.3. The van der Waals surface area contributed by atoms with Crippen LogP contribution in [-0.4, -0.2) is 25.0 Å². The van der Waals surface area contributed by atoms with E-state index in [0.29, 0.717) is 6.61 Å². The highest BCUT2D eigenvalue weighted by Crippen LogP contribution is 2.12. The van der Waals surface area contributed by atoms with E-state index >= 15 is 0 Å². The lowest BCUT2D eigenvalue weighted by Gasteiger charge is -2.02. The Hall–Kier alpha value is -1.62. The van der Waals surface area contributed by atoms with Crippen LogP contribution in [-0.2, 0) is 14.3 Å². The number of carbonyl (C=O) groups excluding carboxylic acids is 2. The Morgan fingerprint density at radius 2 is 2.21 bits per heavy atom. The number of halogens is 1. The number of ether oxygens (including phenoxy) is 1. The second-order valence-corrected chi connectivity index (χ2v) is 4.65. The second-order valence-electron chi connectivity index (χ2n) is 3.73. The first-order valence-corrected chi connectivity index (χ1v) is 6.78. The SMILES string of the molecule is CCOC(=O)CCNC(=O)/C=C/c1cccc(Br)c1. The average Bonchev–Trinajstić information content (AvgIpc) is 2.37. The van der Waals surface area contributed by atoms with E-state index in [0.717, 1.165) is 10.0 Å². The third-order valence-electron chi connectivity index (χ3n) is 2.21. The molecular weight excluding hydrogens is 310 g/mol. The van der Waals surface area contributed by atoms with Gasteiger partial charge in [-0.2, -0.15) is 0 Å². The highest BCUT2D eigenvalue weighted by atomic mass is 79.9. The molecule has 1 rings (SSSR count). The predicted molar refractivity (Wildman–Crippen MR) is 77.4 cm³/mol. The van der Waals surface area contributed by atoms with E-state index in [1.54, 1.807) is 13.0 Å². The molecule has 0 atom stereocenters. The molecule has 4 nitrogen and oxygen atoms in total. The largest absolute Gasteiger partial charge is 0.466 e. The maximum Gasteiger partial charge on any atom is 0.307 e. The summed E-state index contributed by atoms with van der Waals surface area (Å²) in [5.74, 6) is -0.539. The standard InChI is InChI=1S/C14H16BrNO3/c1-2-19-14(18)8-9-16-13(17)7-6-11-4-3-5-12(15)10-11/h3-7,10H,2,8-9H2,1H3,(H,16,17)/b7-6+. The molecule has 0 unspecified atom stereocenters. The van der Waals surface area contributed by atoms with Crippen molar-refractivity contribution in [3.05, 3.63) is 40.4 Å². The van der Waals surface area contributed by atoms with Gasteiger partial charge in [-0.3, -0.25) is 9.59 Å². The summed E-state index contributed by atoms with van der Waals surface area (Å²) in [5, 5.41) is 2.62. The Morgan fingerprint density at radius 3 is 2.89 bits per heavy atom. The molecule has 0 saturated carbocycles. The van der Waals surface area contributed by atoms with Crippen LogP contribution in [0.2, 0.25) is 0 Å². The van der Waals surface area contributed by atoms with E-state index in [1.165, 1.54) is 6.08 Å². The zero-order valence-electron chi connectivity index (χ0n) is 10.7. The molecule has 0 aliphatic rings. The fourth-order valence-electron chi connectivity index (χ4n) is 1.36. The number of rotatable bonds is 6. The maximum atomic E-state index is 11.5. The van der Waals surface area contributed by atoms with Gasteiger partial charge in [-0.25, -0.2) is 0 Å². The highest BCUT2D eigenvalue weighted by Gasteiger charge is 2.02. The zero-order chi connectivity index (χ0) is 14.1. The summed E-state index contributed by atoms with van der Waals surface area (Å²) in [5.41, 5.74) is 0.926. The third kappa shape index (κ3) is 6.76. The van der Waals surface area contributed by atoms with Gasteiger partial charge in [0, 0.05) is 17.1 Å². The van der Waals surface area contributed by atoms with Crippen molar-refractivity contribution in [1.82, 2.24) is 5.32 Å². The predicted octanol–water partition coefficient (Wildman–Crippen LogP) is 2.53. The van der Waals surface area contributed by atoms with Crippen molar-refractivity contribution < 1.29 is 14.3 Å². The van der Waals surface area contributed by atoms with Crippen LogP contribution in [0.1, 0.15) is 18.9 Å². The van der Waals surface area contributed by atoms with E-state index in [4.69, 9.17) is 4.74 Å². The van der Waals surface area contributed by atoms with Gasteiger partial charge in [0.2, 0.25) is 5.91 Å². The average molecular weight is 326 g/mol. The molecule has 19 heavy (non-hydrogen) atoms. The number of amides is 1. The molecule has 0 fully saturated rings. The van der Waals surface area contributed by atoms with E-state index < -0.39 is 0 Å². The molecule has 1 N–H and O–H groups in total. The molecule has 0 aromatic heterocycles. The smallest absolute Gasteiger partial charge is 0.307 e. The fraction of sp³-hybridized carbons (Fsp3) is 0.286. The van der Waals surface area contributed by atoms with Crippen LogP contribution < -0.4 is 5.32 Å². The van der Waals surface area contributed by atoms with Crippen LogP contribution in [0.25, 0.3) is 6.08 Å². The Labute approximate surface area is 121 Å². The van der Waals surface area contributed by atoms with Gasteiger partial charge in [-0.1, -0.05) is 28.1 Å². The summed E-state index contributed by atoms with van der Waals surface area (Å²) < 4.78 is 5.71. The van der Waals surface area contributed by atoms with Crippen LogP contribution >= 0.6 is 15.9 Å². The molecule has 0 aliphatic heterocycles. The van der Waals surface area contributed by atoms with Gasteiger partial charge in [0.15, 0.2) is 0 Å². The van der Waals surface area contributed by atoms with Crippen LogP contribution in [0.15, 0.2) is 34.8 Å². The molecular formula is C14H16BrNO3. The molecule has 0 spiro atoms. The molecule has 0 aliphatic carbocycles. The van der Waals surface area contributed by atoms with Gasteiger partial charge in [0.25, 0.3) is 0 Å². The molecule has 0 bridgehead atoms. The Balaban J connectivity index is 2.33. The second kappa shape index (κ2) is 8.48. The molecule has 0 heterocycles. The maximum absolute atomic E-state index is 11.5. The summed E-state index contributed by atoms with van der Waals surface area (Å²) in [7, 11) is 0. The van der Waals surface area contributed by atoms with Crippen molar-refractivity contribution in [2.75, 3.05) is 13.2 Å². The number of nitrogens with one attached hydrogen (secondary N) is 1.